The normalized spacial score (nSPS) is 15.1. The van der Waals surface area contributed by atoms with Gasteiger partial charge >= 0.3 is 0 Å². The largest absolute Gasteiger partial charge is 0.354 e. The molecule has 1 aliphatic carbocycles. The highest BCUT2D eigenvalue weighted by molar-refractivity contribution is 14.1. The second-order valence-corrected chi connectivity index (χ2v) is 8.79. The molecule has 4 nitrogen and oxygen atoms in total. The molecule has 5 heteroatoms. The van der Waals surface area contributed by atoms with Crippen molar-refractivity contribution in [1.29, 1.82) is 0 Å². The van der Waals surface area contributed by atoms with Gasteiger partial charge in [-0.1, -0.05) is 56.5 Å². The van der Waals surface area contributed by atoms with E-state index in [0.29, 0.717) is 12.1 Å². The van der Waals surface area contributed by atoms with Crippen LogP contribution >= 0.6 is 22.6 Å². The number of benzene rings is 2. The van der Waals surface area contributed by atoms with Crippen LogP contribution in [0.25, 0.3) is 0 Å². The zero-order valence-corrected chi connectivity index (χ0v) is 19.1. The first kappa shape index (κ1) is 21.8. The fourth-order valence-corrected chi connectivity index (χ4v) is 4.68. The molecule has 2 aromatic rings. The summed E-state index contributed by atoms with van der Waals surface area (Å²) in [5, 5.41) is 3.10. The lowest BCUT2D eigenvalue weighted by Gasteiger charge is -2.35. The number of hydrogen-bond acceptors (Lipinski definition) is 2. The monoisotopic (exact) mass is 504 g/mol. The van der Waals surface area contributed by atoms with Gasteiger partial charge in [0.05, 0.1) is 5.56 Å². The lowest BCUT2D eigenvalue weighted by atomic mass is 9.94. The molecule has 1 saturated carbocycles. The van der Waals surface area contributed by atoms with Crippen LogP contribution in [0.1, 0.15) is 55.8 Å². The molecule has 29 heavy (non-hydrogen) atoms. The van der Waals surface area contributed by atoms with Gasteiger partial charge in [0, 0.05) is 15.8 Å². The minimum atomic E-state index is -0.486. The van der Waals surface area contributed by atoms with Gasteiger partial charge in [0.25, 0.3) is 5.91 Å². The van der Waals surface area contributed by atoms with Crippen molar-refractivity contribution in [2.24, 2.45) is 5.92 Å². The fourth-order valence-electron chi connectivity index (χ4n) is 4.07. The molecule has 0 aromatic heterocycles. The number of nitrogens with zero attached hydrogens (tertiary/aromatic N) is 1. The van der Waals surface area contributed by atoms with Gasteiger partial charge in [0.1, 0.15) is 6.04 Å². The van der Waals surface area contributed by atoms with E-state index in [1.165, 1.54) is 0 Å². The Morgan fingerprint density at radius 1 is 1.07 bits per heavy atom. The molecule has 3 rings (SSSR count). The molecular weight excluding hydrogens is 475 g/mol. The second kappa shape index (κ2) is 10.8. The zero-order chi connectivity index (χ0) is 20.6. The van der Waals surface area contributed by atoms with E-state index in [0.717, 1.165) is 47.8 Å². The average molecular weight is 504 g/mol. The number of para-hydroxylation sites is 1. The highest BCUT2D eigenvalue weighted by atomic mass is 127. The number of anilines is 1. The van der Waals surface area contributed by atoms with Crippen molar-refractivity contribution in [2.75, 3.05) is 11.4 Å². The van der Waals surface area contributed by atoms with Gasteiger partial charge in [-0.05, 0) is 72.0 Å². The highest BCUT2D eigenvalue weighted by Crippen LogP contribution is 2.34. The first-order valence-corrected chi connectivity index (χ1v) is 11.6. The summed E-state index contributed by atoms with van der Waals surface area (Å²) in [6.07, 6.45) is 6.16. The van der Waals surface area contributed by atoms with Crippen LogP contribution in [-0.2, 0) is 4.79 Å². The van der Waals surface area contributed by atoms with Crippen LogP contribution in [0.2, 0.25) is 0 Å². The third-order valence-corrected chi connectivity index (χ3v) is 6.52. The van der Waals surface area contributed by atoms with Gasteiger partial charge in [-0.15, -0.1) is 0 Å². The van der Waals surface area contributed by atoms with E-state index in [-0.39, 0.29) is 17.7 Å². The van der Waals surface area contributed by atoms with E-state index < -0.39 is 6.04 Å². The van der Waals surface area contributed by atoms with Gasteiger partial charge in [0.2, 0.25) is 5.91 Å². The predicted molar refractivity (Wildman–Crippen MR) is 126 cm³/mol. The lowest BCUT2D eigenvalue weighted by Crippen LogP contribution is -2.53. The lowest BCUT2D eigenvalue weighted by molar-refractivity contribution is -0.123. The Kier molecular flexibility index (Phi) is 8.09. The molecule has 0 spiro atoms. The SMILES string of the molecule is CCCCNC(=O)C(C1CCCC1)N(C(=O)c1ccccc1I)c1ccccc1. The maximum atomic E-state index is 13.7. The van der Waals surface area contributed by atoms with Crippen LogP contribution in [0.5, 0.6) is 0 Å². The molecule has 0 saturated heterocycles. The van der Waals surface area contributed by atoms with Crippen LogP contribution in [0.4, 0.5) is 5.69 Å². The second-order valence-electron chi connectivity index (χ2n) is 7.62. The molecule has 2 amide bonds. The topological polar surface area (TPSA) is 49.4 Å². The van der Waals surface area contributed by atoms with Gasteiger partial charge in [-0.25, -0.2) is 0 Å². The fraction of sp³-hybridized carbons (Fsp3) is 0.417. The van der Waals surface area contributed by atoms with E-state index in [1.807, 2.05) is 54.6 Å². The summed E-state index contributed by atoms with van der Waals surface area (Å²) >= 11 is 2.20. The molecule has 1 atom stereocenters. The molecule has 1 fully saturated rings. The number of unbranched alkanes of at least 4 members (excludes halogenated alkanes) is 1. The summed E-state index contributed by atoms with van der Waals surface area (Å²) in [7, 11) is 0. The Bertz CT molecular complexity index is 819. The number of carbonyl (C=O) groups is 2. The van der Waals surface area contributed by atoms with Crippen molar-refractivity contribution >= 4 is 40.1 Å². The summed E-state index contributed by atoms with van der Waals surface area (Å²) < 4.78 is 0.896. The molecule has 0 aliphatic heterocycles. The van der Waals surface area contributed by atoms with Gasteiger partial charge in [-0.3, -0.25) is 14.5 Å². The van der Waals surface area contributed by atoms with E-state index in [9.17, 15) is 9.59 Å². The van der Waals surface area contributed by atoms with Crippen LogP contribution in [0.15, 0.2) is 54.6 Å². The summed E-state index contributed by atoms with van der Waals surface area (Å²) in [6.45, 7) is 2.76. The standard InChI is InChI=1S/C24H29IN2O2/c1-2-3-17-26-23(28)22(18-11-7-8-12-18)27(19-13-5-4-6-14-19)24(29)20-15-9-10-16-21(20)25/h4-6,9-10,13-16,18,22H,2-3,7-8,11-12,17H2,1H3,(H,26,28). The van der Waals surface area contributed by atoms with E-state index in [2.05, 4.69) is 34.8 Å². The first-order valence-electron chi connectivity index (χ1n) is 10.5. The molecule has 0 heterocycles. The van der Waals surface area contributed by atoms with Crippen LogP contribution in [0, 0.1) is 9.49 Å². The maximum absolute atomic E-state index is 13.7. The van der Waals surface area contributed by atoms with Crippen molar-refractivity contribution in [1.82, 2.24) is 5.32 Å². The minimum absolute atomic E-state index is 0.0338. The number of nitrogens with one attached hydrogen (secondary N) is 1. The Morgan fingerprint density at radius 3 is 2.38 bits per heavy atom. The average Bonchev–Trinajstić information content (AvgIpc) is 3.27. The molecule has 1 unspecified atom stereocenters. The molecule has 2 aromatic carbocycles. The van der Waals surface area contributed by atoms with Gasteiger partial charge in [-0.2, -0.15) is 0 Å². The first-order chi connectivity index (χ1) is 14.1. The Balaban J connectivity index is 2.02. The molecule has 1 N–H and O–H groups in total. The Morgan fingerprint density at radius 2 is 1.72 bits per heavy atom. The number of halogens is 1. The van der Waals surface area contributed by atoms with E-state index in [4.69, 9.17) is 0 Å². The van der Waals surface area contributed by atoms with Crippen LogP contribution in [-0.4, -0.2) is 24.4 Å². The zero-order valence-electron chi connectivity index (χ0n) is 16.9. The number of amides is 2. The van der Waals surface area contributed by atoms with E-state index >= 15 is 0 Å². The van der Waals surface area contributed by atoms with Crippen molar-refractivity contribution in [3.8, 4) is 0 Å². The third kappa shape index (κ3) is 5.38. The van der Waals surface area contributed by atoms with Crippen molar-refractivity contribution in [3.05, 3.63) is 63.7 Å². The quantitative estimate of drug-likeness (QED) is 0.386. The van der Waals surface area contributed by atoms with Crippen LogP contribution in [0.3, 0.4) is 0 Å². The van der Waals surface area contributed by atoms with Gasteiger partial charge < -0.3 is 5.32 Å². The number of hydrogen-bond donors (Lipinski definition) is 1. The highest BCUT2D eigenvalue weighted by Gasteiger charge is 2.39. The maximum Gasteiger partial charge on any atom is 0.260 e. The molecular formula is C24H29IN2O2. The molecule has 0 radical (unpaired) electrons. The van der Waals surface area contributed by atoms with Crippen molar-refractivity contribution in [3.63, 3.8) is 0 Å². The summed E-state index contributed by atoms with van der Waals surface area (Å²) in [6, 6.07) is 16.7. The van der Waals surface area contributed by atoms with Crippen molar-refractivity contribution in [2.45, 2.75) is 51.5 Å². The predicted octanol–water partition coefficient (Wildman–Crippen LogP) is 5.41. The Hall–Kier alpha value is -1.89. The third-order valence-electron chi connectivity index (χ3n) is 5.58. The molecule has 154 valence electrons. The Labute approximate surface area is 187 Å². The summed E-state index contributed by atoms with van der Waals surface area (Å²) in [5.74, 6) is 0.0411. The summed E-state index contributed by atoms with van der Waals surface area (Å²) in [4.78, 5) is 28.8. The summed E-state index contributed by atoms with van der Waals surface area (Å²) in [5.41, 5.74) is 1.42. The number of rotatable bonds is 8. The molecule has 0 bridgehead atoms. The number of carbonyl (C=O) groups excluding carboxylic acids is 2. The van der Waals surface area contributed by atoms with Crippen molar-refractivity contribution < 1.29 is 9.59 Å². The van der Waals surface area contributed by atoms with Crippen LogP contribution < -0.4 is 10.2 Å². The van der Waals surface area contributed by atoms with E-state index in [1.54, 1.807) is 4.90 Å². The molecule has 1 aliphatic rings. The minimum Gasteiger partial charge on any atom is -0.354 e. The van der Waals surface area contributed by atoms with Gasteiger partial charge in [0.15, 0.2) is 0 Å². The smallest absolute Gasteiger partial charge is 0.260 e.